The Labute approximate surface area is 422 Å². The Morgan fingerprint density at radius 1 is 0.736 bits per heavy atom. The maximum Gasteiger partial charge on any atom is 0.396 e. The fourth-order valence-corrected chi connectivity index (χ4v) is 8.84. The van der Waals surface area contributed by atoms with Crippen LogP contribution in [0.15, 0.2) is 82.4 Å². The summed E-state index contributed by atoms with van der Waals surface area (Å²) in [4.78, 5) is 101. The predicted molar refractivity (Wildman–Crippen MR) is 266 cm³/mol. The Bertz CT molecular complexity index is 2860. The Morgan fingerprint density at radius 2 is 1.22 bits per heavy atom. The maximum absolute atomic E-state index is 11.8. The number of aliphatic hydroxyl groups excluding tert-OH is 1. The number of aliphatic hydroxyl groups is 1. The van der Waals surface area contributed by atoms with E-state index in [4.69, 9.17) is 4.74 Å². The number of allylic oxidation sites excluding steroid dienone is 2. The average Bonchev–Trinajstić information content (AvgIpc) is 4.15. The van der Waals surface area contributed by atoms with Crippen LogP contribution in [-0.2, 0) is 45.1 Å². The molecule has 0 unspecified atom stereocenters. The highest BCUT2D eigenvalue weighted by Gasteiger charge is 2.33. The van der Waals surface area contributed by atoms with Crippen LogP contribution in [0.1, 0.15) is 54.4 Å². The highest BCUT2D eigenvalue weighted by atomic mass is 32.2. The highest BCUT2D eigenvalue weighted by Crippen LogP contribution is 2.36. The third-order valence-electron chi connectivity index (χ3n) is 10.4. The third kappa shape index (κ3) is 16.1. The van der Waals surface area contributed by atoms with Gasteiger partial charge in [0, 0.05) is 67.0 Å². The van der Waals surface area contributed by atoms with Crippen molar-refractivity contribution in [3.05, 3.63) is 82.5 Å². The number of rotatable bonds is 19. The normalized spacial score (nSPS) is 13.6. The quantitative estimate of drug-likeness (QED) is 0.0368. The van der Waals surface area contributed by atoms with E-state index in [0.717, 1.165) is 23.5 Å². The second kappa shape index (κ2) is 28.5. The van der Waals surface area contributed by atoms with Gasteiger partial charge in [-0.25, -0.2) is 29.9 Å². The minimum absolute atomic E-state index is 0.00618. The van der Waals surface area contributed by atoms with Crippen molar-refractivity contribution in [2.75, 3.05) is 21.2 Å². The fraction of sp³-hybridized carbons (Fsp3) is 0.455. The molecule has 26 nitrogen and oxygen atoms in total. The number of carbonyl (C=O) groups is 4. The van der Waals surface area contributed by atoms with Gasteiger partial charge in [-0.3, -0.25) is 9.59 Å². The van der Waals surface area contributed by atoms with Crippen LogP contribution in [0.4, 0.5) is 11.6 Å². The first-order valence-corrected chi connectivity index (χ1v) is 23.6. The van der Waals surface area contributed by atoms with Gasteiger partial charge in [0.25, 0.3) is 0 Å². The molecule has 0 aliphatic carbocycles. The number of ketones is 2. The first-order valence-electron chi connectivity index (χ1n) is 22.0. The van der Waals surface area contributed by atoms with Crippen molar-refractivity contribution in [2.24, 2.45) is 44.8 Å². The largest absolute Gasteiger partial charge is 0.396 e. The second-order valence-corrected chi connectivity index (χ2v) is 17.8. The number of Topliss-reactive ketones (excluding diaryl/α,β-unsaturated/α-hetero) is 2. The zero-order valence-electron chi connectivity index (χ0n) is 41.9. The summed E-state index contributed by atoms with van der Waals surface area (Å²) >= 11 is 2.30. The number of carbonyl (C=O) groups excluding carboxylic acids is 4. The van der Waals surface area contributed by atoms with Crippen LogP contribution >= 0.6 is 23.5 Å². The van der Waals surface area contributed by atoms with Crippen molar-refractivity contribution < 1.29 is 38.9 Å². The summed E-state index contributed by atoms with van der Waals surface area (Å²) in [6.07, 6.45) is 15.4. The summed E-state index contributed by atoms with van der Waals surface area (Å²) in [7, 11) is 9.85. The molecule has 6 aromatic heterocycles. The van der Waals surface area contributed by atoms with Crippen LogP contribution in [0.25, 0.3) is 22.3 Å². The lowest BCUT2D eigenvalue weighted by atomic mass is 9.87. The zero-order valence-corrected chi connectivity index (χ0v) is 43.5. The molecule has 2 amide bonds. The lowest BCUT2D eigenvalue weighted by Gasteiger charge is -2.27. The van der Waals surface area contributed by atoms with Crippen molar-refractivity contribution in [1.29, 1.82) is 0 Å². The fourth-order valence-electron chi connectivity index (χ4n) is 6.96. The second-order valence-electron chi connectivity index (χ2n) is 15.9. The van der Waals surface area contributed by atoms with Gasteiger partial charge in [0.2, 0.25) is 24.5 Å². The summed E-state index contributed by atoms with van der Waals surface area (Å²) in [5, 5.41) is 38.8. The van der Waals surface area contributed by atoms with E-state index in [1.54, 1.807) is 48.3 Å². The molecular weight excluding hydrogens is 977 g/mol. The van der Waals surface area contributed by atoms with Gasteiger partial charge in [-0.2, -0.15) is 0 Å². The summed E-state index contributed by atoms with van der Waals surface area (Å²) in [6.45, 7) is 10.5. The molecule has 6 rings (SSSR count). The van der Waals surface area contributed by atoms with Gasteiger partial charge in [-0.15, -0.1) is 0 Å². The Kier molecular flexibility index (Phi) is 23.4. The minimum atomic E-state index is -0.833. The molecule has 6 atom stereocenters. The van der Waals surface area contributed by atoms with Crippen LogP contribution in [0.5, 0.6) is 0 Å². The number of hydrogen-bond acceptors (Lipinski definition) is 20. The van der Waals surface area contributed by atoms with E-state index in [-0.39, 0.29) is 65.8 Å². The van der Waals surface area contributed by atoms with Gasteiger partial charge in [-0.05, 0) is 71.0 Å². The molecule has 72 heavy (non-hydrogen) atoms. The standard InChI is InChI=1S/C13H23NO3.C12H21NO3.C10H9N7O2S.C9H7N7O2S/c1-6-7-9(2)12(17-5)11(8-10(3)15)13(16)14-4;1-5-6-8(2)11(15)10(7-9(3)14)12(16)13-4;1-15-4-13-6-7(15)11-3-12-9(6)20-10-8(17(18)19)14-5-16(10)2;1-15-4-14-7(16(17)18)9(15)19-8-5-6(11-2-10-5)12-3-13-8/h6-7,9,11-12H,8H2,1-5H3,(H,14,16);5-6,8,10-11,15H,7H2,1-4H3,(H,13,16);3-5H,1-2H3;2-4H,1H3,(H,10,11,12,13)/b7-6+;6-5+;;/t9-,11+,12-;8-,10+,11-;;/m11../s1. The monoisotopic (exact) mass is 1040 g/mol. The molecule has 0 saturated heterocycles. The first kappa shape index (κ1) is 59.0. The number of aryl methyl sites for hydroxylation is 3. The third-order valence-corrected chi connectivity index (χ3v) is 12.7. The summed E-state index contributed by atoms with van der Waals surface area (Å²) < 4.78 is 10.3. The number of fused-ring (bicyclic) bond motifs is 2. The molecule has 6 heterocycles. The number of H-pyrrole nitrogens is 1. The number of nitrogens with one attached hydrogen (secondary N) is 3. The summed E-state index contributed by atoms with van der Waals surface area (Å²) in [5.74, 6) is -2.10. The van der Waals surface area contributed by atoms with Crippen LogP contribution in [-0.4, -0.2) is 130 Å². The highest BCUT2D eigenvalue weighted by molar-refractivity contribution is 7.99. The van der Waals surface area contributed by atoms with Crippen LogP contribution < -0.4 is 10.6 Å². The van der Waals surface area contributed by atoms with Crippen LogP contribution in [0.2, 0.25) is 0 Å². The Morgan fingerprint density at radius 3 is 1.74 bits per heavy atom. The number of amides is 2. The minimum Gasteiger partial charge on any atom is -0.392 e. The number of nitro groups is 2. The topological polar surface area (TPSA) is 342 Å². The molecule has 0 radical (unpaired) electrons. The summed E-state index contributed by atoms with van der Waals surface area (Å²) in [5.41, 5.74) is 2.44. The number of ether oxygens (including phenoxy) is 1. The van der Waals surface area contributed by atoms with Gasteiger partial charge in [0.05, 0.1) is 36.7 Å². The van der Waals surface area contributed by atoms with Crippen molar-refractivity contribution in [3.8, 4) is 0 Å². The van der Waals surface area contributed by atoms with E-state index in [1.807, 2.05) is 59.0 Å². The number of aromatic amines is 1. The van der Waals surface area contributed by atoms with Gasteiger partial charge < -0.3 is 69.0 Å². The Balaban J connectivity index is 0.000000255. The smallest absolute Gasteiger partial charge is 0.392 e. The number of nitrogens with zero attached hydrogens (tertiary/aromatic N) is 13. The van der Waals surface area contributed by atoms with E-state index in [9.17, 15) is 44.5 Å². The van der Waals surface area contributed by atoms with E-state index >= 15 is 0 Å². The molecular formula is C44H60N16O10S2. The van der Waals surface area contributed by atoms with Crippen LogP contribution in [0, 0.1) is 43.9 Å². The van der Waals surface area contributed by atoms with E-state index in [1.165, 1.54) is 52.5 Å². The van der Waals surface area contributed by atoms with E-state index in [2.05, 4.69) is 55.5 Å². The van der Waals surface area contributed by atoms with Crippen LogP contribution in [0.3, 0.4) is 0 Å². The lowest BCUT2D eigenvalue weighted by Crippen LogP contribution is -2.40. The van der Waals surface area contributed by atoms with Gasteiger partial charge in [0.1, 0.15) is 45.3 Å². The average molecular weight is 1040 g/mol. The molecule has 0 fully saturated rings. The molecule has 0 aromatic carbocycles. The predicted octanol–water partition coefficient (Wildman–Crippen LogP) is 4.76. The summed E-state index contributed by atoms with van der Waals surface area (Å²) in [6, 6.07) is 0. The molecule has 6 aromatic rings. The van der Waals surface area contributed by atoms with E-state index < -0.39 is 27.8 Å². The van der Waals surface area contributed by atoms with Crippen molar-refractivity contribution in [3.63, 3.8) is 0 Å². The van der Waals surface area contributed by atoms with Crippen molar-refractivity contribution in [1.82, 2.24) is 69.2 Å². The molecule has 0 aliphatic rings. The number of imidazole rings is 4. The number of methoxy groups -OCH3 is 1. The van der Waals surface area contributed by atoms with Gasteiger partial charge >= 0.3 is 11.6 Å². The van der Waals surface area contributed by atoms with Crippen molar-refractivity contribution >= 4 is 80.9 Å². The number of hydrogen-bond donors (Lipinski definition) is 4. The Hall–Kier alpha value is -7.30. The SMILES string of the molecule is C/C=C/[C@@H](C)[C@@H](O)[C@H](CC(C)=O)C(=O)NC.C/C=C/[C@@H](C)[C@@H](OC)[C@H](CC(C)=O)C(=O)NC.Cn1cnc([N+](=O)[O-])c1Sc1ncnc2c1ncn2C.Cn1cnc([N+](=O)[O-])c1Sc1ncnc2nc[nH]c12. The first-order chi connectivity index (χ1) is 34.1. The van der Waals surface area contributed by atoms with Gasteiger partial charge in [-0.1, -0.05) is 38.2 Å². The molecule has 28 heteroatoms. The molecule has 0 spiro atoms. The molecule has 0 bridgehead atoms. The number of aromatic nitrogens is 12. The lowest BCUT2D eigenvalue weighted by molar-refractivity contribution is -0.392. The van der Waals surface area contributed by atoms with E-state index in [0.29, 0.717) is 42.4 Å². The zero-order chi connectivity index (χ0) is 53.8. The molecule has 388 valence electrons. The molecule has 0 saturated carbocycles. The molecule has 0 aliphatic heterocycles. The van der Waals surface area contributed by atoms with Gasteiger partial charge in [0.15, 0.2) is 21.3 Å². The van der Waals surface area contributed by atoms with Crippen molar-refractivity contribution in [2.45, 2.75) is 86.7 Å². The maximum atomic E-state index is 11.8. The molecule has 4 N–H and O–H groups in total.